The number of benzene rings is 2. The zero-order valence-electron chi connectivity index (χ0n) is 16.5. The van der Waals surface area contributed by atoms with Gasteiger partial charge in [0.05, 0.1) is 13.2 Å². The number of nitrogens with one attached hydrogen (secondary N) is 2. The van der Waals surface area contributed by atoms with Crippen LogP contribution in [0.5, 0.6) is 0 Å². The standard InChI is InChI=1S/C22H24N2O4S2/c25-19(17-11-5-3-6-12-17)23-21(29)27-15-9-1-2-10-16-28-22(30)24-20(26)18-13-7-4-8-14-18/h3-8,11-14H,1-2,9-10,15-16H2,(H,23,25,29)(H,24,26,30). The zero-order valence-corrected chi connectivity index (χ0v) is 18.1. The van der Waals surface area contributed by atoms with Gasteiger partial charge in [-0.3, -0.25) is 20.2 Å². The third-order valence-corrected chi connectivity index (χ3v) is 4.45. The van der Waals surface area contributed by atoms with Gasteiger partial charge in [0.15, 0.2) is 0 Å². The number of thiocarbonyl (C=S) groups is 2. The van der Waals surface area contributed by atoms with Crippen molar-refractivity contribution < 1.29 is 19.1 Å². The molecule has 8 heteroatoms. The molecule has 0 aliphatic heterocycles. The molecule has 158 valence electrons. The predicted molar refractivity (Wildman–Crippen MR) is 123 cm³/mol. The first-order valence-corrected chi connectivity index (χ1v) is 10.4. The monoisotopic (exact) mass is 444 g/mol. The van der Waals surface area contributed by atoms with Crippen molar-refractivity contribution in [1.82, 2.24) is 10.6 Å². The minimum absolute atomic E-state index is 0.0756. The predicted octanol–water partition coefficient (Wildman–Crippen LogP) is 4.01. The molecule has 6 nitrogen and oxygen atoms in total. The van der Waals surface area contributed by atoms with Crippen molar-refractivity contribution in [3.63, 3.8) is 0 Å². The normalized spacial score (nSPS) is 10.0. The van der Waals surface area contributed by atoms with Crippen LogP contribution in [0.25, 0.3) is 0 Å². The van der Waals surface area contributed by atoms with E-state index in [1.54, 1.807) is 48.5 Å². The molecular formula is C22H24N2O4S2. The quantitative estimate of drug-likeness (QED) is 0.450. The number of hydrogen-bond acceptors (Lipinski definition) is 6. The molecule has 2 aromatic rings. The van der Waals surface area contributed by atoms with E-state index in [-0.39, 0.29) is 22.2 Å². The van der Waals surface area contributed by atoms with Gasteiger partial charge in [-0.15, -0.1) is 0 Å². The van der Waals surface area contributed by atoms with Crippen LogP contribution in [-0.2, 0) is 9.47 Å². The average Bonchev–Trinajstić information content (AvgIpc) is 2.76. The van der Waals surface area contributed by atoms with Crippen LogP contribution in [0.2, 0.25) is 0 Å². The molecule has 0 saturated carbocycles. The Hall–Kier alpha value is -2.84. The fourth-order valence-corrected chi connectivity index (χ4v) is 2.82. The lowest BCUT2D eigenvalue weighted by Crippen LogP contribution is -2.31. The van der Waals surface area contributed by atoms with Crippen molar-refractivity contribution in [2.45, 2.75) is 25.7 Å². The summed E-state index contributed by atoms with van der Waals surface area (Å²) in [4.78, 5) is 23.9. The summed E-state index contributed by atoms with van der Waals surface area (Å²) >= 11 is 10.1. The number of unbranched alkanes of at least 4 members (excludes halogenated alkanes) is 3. The summed E-state index contributed by atoms with van der Waals surface area (Å²) < 4.78 is 10.7. The van der Waals surface area contributed by atoms with Gasteiger partial charge >= 0.3 is 0 Å². The molecule has 0 aliphatic carbocycles. The maximum absolute atomic E-state index is 11.9. The van der Waals surface area contributed by atoms with Crippen LogP contribution in [0.1, 0.15) is 46.4 Å². The Morgan fingerprint density at radius 2 is 1.00 bits per heavy atom. The fraction of sp³-hybridized carbons (Fsp3) is 0.273. The zero-order chi connectivity index (χ0) is 21.6. The Labute approximate surface area is 187 Å². The molecule has 0 bridgehead atoms. The molecule has 2 rings (SSSR count). The summed E-state index contributed by atoms with van der Waals surface area (Å²) in [5.41, 5.74) is 1.06. The summed E-state index contributed by atoms with van der Waals surface area (Å²) in [6.45, 7) is 0.862. The van der Waals surface area contributed by atoms with Crippen molar-refractivity contribution >= 4 is 46.6 Å². The SMILES string of the molecule is O=C(NC(=S)OCCCCCCOC(=S)NC(=O)c1ccccc1)c1ccccc1. The Bertz CT molecular complexity index is 773. The van der Waals surface area contributed by atoms with Gasteiger partial charge in [0.2, 0.25) is 0 Å². The van der Waals surface area contributed by atoms with Crippen LogP contribution >= 0.6 is 24.4 Å². The van der Waals surface area contributed by atoms with Gasteiger partial charge in [-0.05, 0) is 74.4 Å². The van der Waals surface area contributed by atoms with E-state index in [4.69, 9.17) is 33.9 Å². The molecule has 2 N–H and O–H groups in total. The van der Waals surface area contributed by atoms with Crippen molar-refractivity contribution in [1.29, 1.82) is 0 Å². The summed E-state index contributed by atoms with van der Waals surface area (Å²) in [5.74, 6) is -0.568. The summed E-state index contributed by atoms with van der Waals surface area (Å²) in [6, 6.07) is 17.6. The van der Waals surface area contributed by atoms with E-state index in [1.807, 2.05) is 12.1 Å². The van der Waals surface area contributed by atoms with Crippen LogP contribution in [-0.4, -0.2) is 35.4 Å². The fourth-order valence-electron chi connectivity index (χ4n) is 2.47. The lowest BCUT2D eigenvalue weighted by molar-refractivity contribution is 0.0958. The van der Waals surface area contributed by atoms with Crippen LogP contribution < -0.4 is 10.6 Å². The van der Waals surface area contributed by atoms with Crippen LogP contribution in [0.3, 0.4) is 0 Å². The molecule has 0 spiro atoms. The molecule has 0 heterocycles. The van der Waals surface area contributed by atoms with Crippen molar-refractivity contribution in [3.05, 3.63) is 71.8 Å². The highest BCUT2D eigenvalue weighted by Crippen LogP contribution is 2.03. The lowest BCUT2D eigenvalue weighted by atomic mass is 10.2. The number of hydrogen-bond donors (Lipinski definition) is 2. The summed E-state index contributed by atoms with van der Waals surface area (Å²) in [7, 11) is 0. The Morgan fingerprint density at radius 1 is 0.633 bits per heavy atom. The van der Waals surface area contributed by atoms with E-state index < -0.39 is 0 Å². The molecule has 0 fully saturated rings. The van der Waals surface area contributed by atoms with E-state index in [9.17, 15) is 9.59 Å². The molecule has 2 aromatic carbocycles. The number of amides is 2. The molecule has 0 atom stereocenters. The second-order valence-electron chi connectivity index (χ2n) is 6.33. The molecule has 2 amide bonds. The first-order valence-electron chi connectivity index (χ1n) is 9.62. The largest absolute Gasteiger partial charge is 0.471 e. The van der Waals surface area contributed by atoms with Gasteiger partial charge in [0, 0.05) is 11.1 Å². The van der Waals surface area contributed by atoms with E-state index >= 15 is 0 Å². The maximum Gasteiger partial charge on any atom is 0.263 e. The summed E-state index contributed by atoms with van der Waals surface area (Å²) in [6.07, 6.45) is 3.44. The van der Waals surface area contributed by atoms with Gasteiger partial charge in [-0.25, -0.2) is 0 Å². The number of carbonyl (C=O) groups is 2. The van der Waals surface area contributed by atoms with Gasteiger partial charge in [0.25, 0.3) is 22.2 Å². The van der Waals surface area contributed by atoms with Crippen LogP contribution in [0.15, 0.2) is 60.7 Å². The van der Waals surface area contributed by atoms with E-state index in [2.05, 4.69) is 10.6 Å². The van der Waals surface area contributed by atoms with Gasteiger partial charge in [-0.2, -0.15) is 0 Å². The Morgan fingerprint density at radius 3 is 1.37 bits per heavy atom. The van der Waals surface area contributed by atoms with Crippen molar-refractivity contribution in [3.8, 4) is 0 Å². The first-order chi connectivity index (χ1) is 14.6. The van der Waals surface area contributed by atoms with E-state index in [0.29, 0.717) is 24.3 Å². The molecule has 30 heavy (non-hydrogen) atoms. The Balaban J connectivity index is 1.47. The Kier molecular flexibility index (Phi) is 10.5. The third-order valence-electron chi connectivity index (χ3n) is 4.01. The molecule has 0 unspecified atom stereocenters. The van der Waals surface area contributed by atoms with Crippen molar-refractivity contribution in [2.24, 2.45) is 0 Å². The maximum atomic E-state index is 11.9. The molecular weight excluding hydrogens is 420 g/mol. The number of rotatable bonds is 9. The van der Waals surface area contributed by atoms with Gasteiger partial charge in [-0.1, -0.05) is 36.4 Å². The van der Waals surface area contributed by atoms with Gasteiger partial charge in [0.1, 0.15) is 0 Å². The lowest BCUT2D eigenvalue weighted by Gasteiger charge is -2.10. The molecule has 0 saturated heterocycles. The first kappa shape index (κ1) is 23.4. The topological polar surface area (TPSA) is 76.7 Å². The third kappa shape index (κ3) is 9.11. The van der Waals surface area contributed by atoms with E-state index in [1.165, 1.54) is 0 Å². The molecule has 0 radical (unpaired) electrons. The minimum atomic E-state index is -0.284. The molecule has 0 aliphatic rings. The number of carbonyl (C=O) groups excluding carboxylic acids is 2. The highest BCUT2D eigenvalue weighted by atomic mass is 32.1. The van der Waals surface area contributed by atoms with Crippen LogP contribution in [0.4, 0.5) is 0 Å². The summed E-state index contributed by atoms with van der Waals surface area (Å²) in [5, 5.41) is 5.25. The second-order valence-corrected chi connectivity index (χ2v) is 7.07. The van der Waals surface area contributed by atoms with Crippen LogP contribution in [0, 0.1) is 0 Å². The highest BCUT2D eigenvalue weighted by molar-refractivity contribution is 7.80. The van der Waals surface area contributed by atoms with E-state index in [0.717, 1.165) is 25.7 Å². The van der Waals surface area contributed by atoms with Gasteiger partial charge < -0.3 is 9.47 Å². The smallest absolute Gasteiger partial charge is 0.263 e. The minimum Gasteiger partial charge on any atom is -0.471 e. The van der Waals surface area contributed by atoms with Crippen molar-refractivity contribution in [2.75, 3.05) is 13.2 Å². The average molecular weight is 445 g/mol. The highest BCUT2D eigenvalue weighted by Gasteiger charge is 2.08. The number of ether oxygens (including phenoxy) is 2. The molecule has 0 aromatic heterocycles. The second kappa shape index (κ2) is 13.4.